The fourth-order valence-corrected chi connectivity index (χ4v) is 2.74. The average Bonchev–Trinajstić information content (AvgIpc) is 2.63. The Hall–Kier alpha value is -0.470. The maximum atomic E-state index is 6.04. The van der Waals surface area contributed by atoms with Crippen molar-refractivity contribution in [2.24, 2.45) is 11.8 Å². The number of hydrogen-bond acceptors (Lipinski definition) is 2. The quantitative estimate of drug-likeness (QED) is 0.878. The summed E-state index contributed by atoms with van der Waals surface area (Å²) in [5.74, 6) is 2.29. The minimum atomic E-state index is 0.574. The molecule has 0 amide bonds. The van der Waals surface area contributed by atoms with Crippen molar-refractivity contribution in [1.29, 1.82) is 0 Å². The molecule has 1 heterocycles. The Balaban J connectivity index is 1.94. The molecule has 2 rings (SSSR count). The minimum Gasteiger partial charge on any atom is -0.369 e. The lowest BCUT2D eigenvalue weighted by Gasteiger charge is -2.16. The summed E-state index contributed by atoms with van der Waals surface area (Å²) in [7, 11) is 0. The molecule has 1 fully saturated rings. The van der Waals surface area contributed by atoms with Gasteiger partial charge in [-0.05, 0) is 24.3 Å². The molecular formula is C12H16Cl2N2. The Bertz CT molecular complexity index is 368. The second-order valence-electron chi connectivity index (χ2n) is 4.53. The van der Waals surface area contributed by atoms with Gasteiger partial charge in [-0.15, -0.1) is 0 Å². The van der Waals surface area contributed by atoms with Crippen molar-refractivity contribution in [3.63, 3.8) is 0 Å². The van der Waals surface area contributed by atoms with Crippen molar-refractivity contribution < 1.29 is 0 Å². The molecule has 1 aromatic rings. The average molecular weight is 259 g/mol. The van der Waals surface area contributed by atoms with Crippen LogP contribution < -0.4 is 5.32 Å². The van der Waals surface area contributed by atoms with Crippen LogP contribution in [0, 0.1) is 11.8 Å². The van der Waals surface area contributed by atoms with Gasteiger partial charge in [-0.3, -0.25) is 0 Å². The van der Waals surface area contributed by atoms with Gasteiger partial charge in [0.05, 0.1) is 10.0 Å². The Morgan fingerprint density at radius 2 is 2.25 bits per heavy atom. The van der Waals surface area contributed by atoms with Gasteiger partial charge in [-0.2, -0.15) is 0 Å². The molecule has 1 saturated carbocycles. The largest absolute Gasteiger partial charge is 0.369 e. The predicted molar refractivity (Wildman–Crippen MR) is 69.3 cm³/mol. The van der Waals surface area contributed by atoms with Crippen LogP contribution in [0.25, 0.3) is 0 Å². The summed E-state index contributed by atoms with van der Waals surface area (Å²) < 4.78 is 0. The fourth-order valence-electron chi connectivity index (χ4n) is 2.30. The van der Waals surface area contributed by atoms with Crippen LogP contribution in [0.5, 0.6) is 0 Å². The van der Waals surface area contributed by atoms with Gasteiger partial charge in [0.25, 0.3) is 0 Å². The van der Waals surface area contributed by atoms with Gasteiger partial charge in [0.2, 0.25) is 0 Å². The molecule has 2 atom stereocenters. The first-order valence-electron chi connectivity index (χ1n) is 5.71. The normalized spacial score (nSPS) is 24.7. The van der Waals surface area contributed by atoms with Gasteiger partial charge in [-0.1, -0.05) is 43.0 Å². The van der Waals surface area contributed by atoms with Crippen molar-refractivity contribution >= 4 is 29.0 Å². The second kappa shape index (κ2) is 5.24. The molecule has 0 saturated heterocycles. The number of rotatable bonds is 3. The van der Waals surface area contributed by atoms with E-state index in [1.165, 1.54) is 19.3 Å². The highest BCUT2D eigenvalue weighted by Gasteiger charge is 2.23. The third-order valence-corrected chi connectivity index (χ3v) is 3.87. The Morgan fingerprint density at radius 1 is 1.44 bits per heavy atom. The number of pyridine rings is 1. The molecule has 1 N–H and O–H groups in total. The lowest BCUT2D eigenvalue weighted by molar-refractivity contribution is 0.439. The number of nitrogens with zero attached hydrogens (tertiary/aromatic N) is 1. The van der Waals surface area contributed by atoms with Crippen molar-refractivity contribution in [3.05, 3.63) is 22.3 Å². The lowest BCUT2D eigenvalue weighted by atomic mass is 9.98. The van der Waals surface area contributed by atoms with E-state index < -0.39 is 0 Å². The van der Waals surface area contributed by atoms with E-state index >= 15 is 0 Å². The molecule has 2 unspecified atom stereocenters. The molecule has 0 aliphatic heterocycles. The summed E-state index contributed by atoms with van der Waals surface area (Å²) >= 11 is 11.8. The first kappa shape index (κ1) is 12.0. The van der Waals surface area contributed by atoms with Gasteiger partial charge < -0.3 is 5.32 Å². The van der Waals surface area contributed by atoms with Crippen LogP contribution in [0.3, 0.4) is 0 Å². The van der Waals surface area contributed by atoms with Crippen molar-refractivity contribution in [2.75, 3.05) is 11.9 Å². The monoisotopic (exact) mass is 258 g/mol. The fraction of sp³-hybridized carbons (Fsp3) is 0.583. The van der Waals surface area contributed by atoms with Crippen LogP contribution >= 0.6 is 23.2 Å². The molecule has 88 valence electrons. The lowest BCUT2D eigenvalue weighted by Crippen LogP contribution is -2.17. The Morgan fingerprint density at radius 3 is 2.88 bits per heavy atom. The summed E-state index contributed by atoms with van der Waals surface area (Å²) in [5.41, 5.74) is 0. The van der Waals surface area contributed by atoms with Gasteiger partial charge in [0, 0.05) is 12.7 Å². The number of nitrogens with one attached hydrogen (secondary N) is 1. The third-order valence-electron chi connectivity index (χ3n) is 3.38. The van der Waals surface area contributed by atoms with E-state index in [-0.39, 0.29) is 0 Å². The van der Waals surface area contributed by atoms with E-state index in [1.54, 1.807) is 12.3 Å². The standard InChI is InChI=1S/C12H16Cl2N2/c1-8-3-2-4-9(8)6-15-12-11(14)5-10(13)7-16-12/h5,7-9H,2-4,6H2,1H3,(H,15,16). The molecule has 4 heteroatoms. The molecule has 16 heavy (non-hydrogen) atoms. The van der Waals surface area contributed by atoms with Gasteiger partial charge >= 0.3 is 0 Å². The SMILES string of the molecule is CC1CCCC1CNc1ncc(Cl)cc1Cl. The van der Waals surface area contributed by atoms with Crippen LogP contribution in [-0.4, -0.2) is 11.5 Å². The summed E-state index contributed by atoms with van der Waals surface area (Å²) in [6, 6.07) is 1.72. The molecule has 0 aromatic carbocycles. The number of halogens is 2. The number of aromatic nitrogens is 1. The van der Waals surface area contributed by atoms with E-state index in [4.69, 9.17) is 23.2 Å². The molecule has 1 aliphatic rings. The van der Waals surface area contributed by atoms with E-state index in [2.05, 4.69) is 17.2 Å². The first-order chi connectivity index (χ1) is 7.66. The van der Waals surface area contributed by atoms with Crippen molar-refractivity contribution in [3.8, 4) is 0 Å². The predicted octanol–water partition coefficient (Wildman–Crippen LogP) is 4.24. The van der Waals surface area contributed by atoms with Gasteiger partial charge in [0.15, 0.2) is 0 Å². The summed E-state index contributed by atoms with van der Waals surface area (Å²) in [6.45, 7) is 3.27. The van der Waals surface area contributed by atoms with Gasteiger partial charge in [0.1, 0.15) is 5.82 Å². The minimum absolute atomic E-state index is 0.574. The van der Waals surface area contributed by atoms with Crippen LogP contribution in [0.2, 0.25) is 10.0 Å². The molecular weight excluding hydrogens is 243 g/mol. The zero-order chi connectivity index (χ0) is 11.5. The smallest absolute Gasteiger partial charge is 0.144 e. The zero-order valence-electron chi connectivity index (χ0n) is 9.34. The van der Waals surface area contributed by atoms with Crippen LogP contribution in [0.4, 0.5) is 5.82 Å². The molecule has 0 spiro atoms. The highest BCUT2D eigenvalue weighted by Crippen LogP contribution is 2.31. The molecule has 1 aromatic heterocycles. The molecule has 0 bridgehead atoms. The van der Waals surface area contributed by atoms with E-state index in [1.807, 2.05) is 0 Å². The first-order valence-corrected chi connectivity index (χ1v) is 6.47. The number of hydrogen-bond donors (Lipinski definition) is 1. The zero-order valence-corrected chi connectivity index (χ0v) is 10.9. The van der Waals surface area contributed by atoms with Crippen LogP contribution in [0.1, 0.15) is 26.2 Å². The highest BCUT2D eigenvalue weighted by atomic mass is 35.5. The topological polar surface area (TPSA) is 24.9 Å². The highest BCUT2D eigenvalue weighted by molar-refractivity contribution is 6.35. The second-order valence-corrected chi connectivity index (χ2v) is 5.38. The van der Waals surface area contributed by atoms with Crippen molar-refractivity contribution in [2.45, 2.75) is 26.2 Å². The van der Waals surface area contributed by atoms with E-state index in [0.717, 1.165) is 24.2 Å². The van der Waals surface area contributed by atoms with Crippen LogP contribution in [0.15, 0.2) is 12.3 Å². The maximum absolute atomic E-state index is 6.04. The summed E-state index contributed by atoms with van der Waals surface area (Å²) in [4.78, 5) is 4.19. The summed E-state index contributed by atoms with van der Waals surface area (Å²) in [6.07, 6.45) is 5.61. The van der Waals surface area contributed by atoms with E-state index in [0.29, 0.717) is 10.0 Å². The van der Waals surface area contributed by atoms with Crippen molar-refractivity contribution in [1.82, 2.24) is 4.98 Å². The van der Waals surface area contributed by atoms with E-state index in [9.17, 15) is 0 Å². The van der Waals surface area contributed by atoms with Crippen LogP contribution in [-0.2, 0) is 0 Å². The third kappa shape index (κ3) is 2.80. The maximum Gasteiger partial charge on any atom is 0.144 e. The molecule has 2 nitrogen and oxygen atoms in total. The Kier molecular flexibility index (Phi) is 3.93. The summed E-state index contributed by atoms with van der Waals surface area (Å²) in [5, 5.41) is 4.48. The molecule has 0 radical (unpaired) electrons. The molecule has 1 aliphatic carbocycles. The number of anilines is 1. The Labute approximate surface area is 106 Å². The van der Waals surface area contributed by atoms with Gasteiger partial charge in [-0.25, -0.2) is 4.98 Å².